The van der Waals surface area contributed by atoms with Crippen LogP contribution in [0.3, 0.4) is 0 Å². The predicted molar refractivity (Wildman–Crippen MR) is 357 cm³/mol. The Hall–Kier alpha value is -8.72. The maximum atomic E-state index is 2.43. The van der Waals surface area contributed by atoms with Gasteiger partial charge in [-0.05, 0) is 184 Å². The zero-order valence-corrected chi connectivity index (χ0v) is 50.5. The summed E-state index contributed by atoms with van der Waals surface area (Å²) in [6, 6.07) is 82.0. The Kier molecular flexibility index (Phi) is 12.7. The van der Waals surface area contributed by atoms with Gasteiger partial charge in [0.1, 0.15) is 0 Å². The molecule has 0 N–H and O–H groups in total. The molecule has 0 radical (unpaired) electrons. The van der Waals surface area contributed by atoms with Crippen molar-refractivity contribution in [2.24, 2.45) is 0 Å². The molecule has 0 fully saturated rings. The fraction of sp³-hybridized carbons (Fsp3) is 0.210. The average molecular weight is 1080 g/mol. The standard InChI is InChI=1S/C81H76N2/c1-77(2,3)57-31-35-61(36-32-57)82(59-19-15-13-16-20-59)63-39-45-69-67-43-29-55(49-73(67)80(9,10)75(69)51-63)25-23-53-27-41-65-66-42-28-54(48-72(66)79(7,8)71(65)47-53)24-26-56-30-44-68-70-46-40-64(52-76(70)81(11,12)74(68)50-56)83(60-21-17-14-18-22-60)62-37-33-58(34-38-62)78(4,5)6/h13-52H,1-12H3/b25-23+,26-24+. The summed E-state index contributed by atoms with van der Waals surface area (Å²) in [6.07, 6.45) is 9.19. The second-order valence-corrected chi connectivity index (χ2v) is 27.2. The summed E-state index contributed by atoms with van der Waals surface area (Å²) in [5.74, 6) is 0. The molecule has 10 aromatic rings. The molecule has 10 aromatic carbocycles. The number of hydrogen-bond acceptors (Lipinski definition) is 2. The topological polar surface area (TPSA) is 6.48 Å². The van der Waals surface area contributed by atoms with E-state index in [1.165, 1.54) is 112 Å². The van der Waals surface area contributed by atoms with Crippen molar-refractivity contribution in [3.05, 3.63) is 285 Å². The molecule has 0 saturated carbocycles. The Labute approximate surface area is 494 Å². The molecule has 0 atom stereocenters. The van der Waals surface area contributed by atoms with Crippen LogP contribution in [0.15, 0.2) is 218 Å². The molecule has 0 spiro atoms. The molecule has 3 aliphatic rings. The van der Waals surface area contributed by atoms with Gasteiger partial charge in [0.05, 0.1) is 0 Å². The van der Waals surface area contributed by atoms with Crippen LogP contribution >= 0.6 is 0 Å². The molecule has 0 saturated heterocycles. The van der Waals surface area contributed by atoms with E-state index < -0.39 is 0 Å². The lowest BCUT2D eigenvalue weighted by Crippen LogP contribution is -2.17. The summed E-state index contributed by atoms with van der Waals surface area (Å²) in [6.45, 7) is 28.0. The smallest absolute Gasteiger partial charge is 0.0465 e. The van der Waals surface area contributed by atoms with Crippen molar-refractivity contribution in [1.82, 2.24) is 0 Å². The van der Waals surface area contributed by atoms with E-state index in [2.05, 4.69) is 336 Å². The summed E-state index contributed by atoms with van der Waals surface area (Å²) in [5, 5.41) is 0. The monoisotopic (exact) mass is 1080 g/mol. The van der Waals surface area contributed by atoms with Crippen molar-refractivity contribution < 1.29 is 0 Å². The first-order chi connectivity index (χ1) is 39.6. The van der Waals surface area contributed by atoms with E-state index in [0.29, 0.717) is 0 Å². The quantitative estimate of drug-likeness (QED) is 0.126. The van der Waals surface area contributed by atoms with Crippen molar-refractivity contribution in [3.8, 4) is 33.4 Å². The van der Waals surface area contributed by atoms with Gasteiger partial charge in [-0.1, -0.05) is 253 Å². The van der Waals surface area contributed by atoms with Gasteiger partial charge < -0.3 is 9.80 Å². The lowest BCUT2D eigenvalue weighted by atomic mass is 9.81. The van der Waals surface area contributed by atoms with Gasteiger partial charge >= 0.3 is 0 Å². The van der Waals surface area contributed by atoms with Crippen LogP contribution in [-0.4, -0.2) is 0 Å². The Balaban J connectivity index is 0.724. The van der Waals surface area contributed by atoms with Crippen molar-refractivity contribution in [2.45, 2.75) is 110 Å². The minimum atomic E-state index is -0.177. The van der Waals surface area contributed by atoms with Gasteiger partial charge in [0.15, 0.2) is 0 Å². The van der Waals surface area contributed by atoms with Crippen LogP contribution in [0.4, 0.5) is 34.1 Å². The van der Waals surface area contributed by atoms with E-state index in [-0.39, 0.29) is 27.1 Å². The van der Waals surface area contributed by atoms with E-state index in [1.807, 2.05) is 0 Å². The summed E-state index contributed by atoms with van der Waals surface area (Å²) in [4.78, 5) is 4.79. The van der Waals surface area contributed by atoms with Crippen LogP contribution < -0.4 is 9.80 Å². The van der Waals surface area contributed by atoms with Crippen LogP contribution in [0, 0.1) is 0 Å². The maximum absolute atomic E-state index is 2.43. The molecule has 0 aliphatic heterocycles. The van der Waals surface area contributed by atoms with Gasteiger partial charge in [-0.3, -0.25) is 0 Å². The van der Waals surface area contributed by atoms with Crippen molar-refractivity contribution >= 4 is 58.4 Å². The predicted octanol–water partition coefficient (Wildman–Crippen LogP) is 22.5. The van der Waals surface area contributed by atoms with E-state index in [0.717, 1.165) is 22.7 Å². The minimum Gasteiger partial charge on any atom is -0.310 e. The highest BCUT2D eigenvalue weighted by molar-refractivity contribution is 5.90. The Bertz CT molecular complexity index is 3940. The summed E-state index contributed by atoms with van der Waals surface area (Å²) < 4.78 is 0. The number of fused-ring (bicyclic) bond motifs is 9. The fourth-order valence-electron chi connectivity index (χ4n) is 13.6. The third-order valence-electron chi connectivity index (χ3n) is 18.6. The molecule has 2 nitrogen and oxygen atoms in total. The molecule has 0 amide bonds. The summed E-state index contributed by atoms with van der Waals surface area (Å²) in [7, 11) is 0. The molecular formula is C81H76N2. The first-order valence-electron chi connectivity index (χ1n) is 29.8. The SMILES string of the molecule is CC(C)(C)c1ccc(N(c2ccccc2)c2ccc3c(c2)C(C)(C)c2cc(/C=C/c4ccc5c(c4)C(C)(C)c4cc(/C=C/c6ccc7c(c6)C(C)(C)c6cc(N(c8ccccc8)c8ccc(C(C)(C)C)cc8)ccc6-7)ccc4-5)ccc2-3)cc1. The third kappa shape index (κ3) is 9.38. The van der Waals surface area contributed by atoms with Crippen LogP contribution in [0.25, 0.3) is 57.7 Å². The summed E-state index contributed by atoms with van der Waals surface area (Å²) >= 11 is 0. The van der Waals surface area contributed by atoms with E-state index >= 15 is 0 Å². The van der Waals surface area contributed by atoms with Gasteiger partial charge in [0.25, 0.3) is 0 Å². The van der Waals surface area contributed by atoms with Gasteiger partial charge in [-0.15, -0.1) is 0 Å². The van der Waals surface area contributed by atoms with Crippen molar-refractivity contribution in [1.29, 1.82) is 0 Å². The first-order valence-corrected chi connectivity index (χ1v) is 29.8. The number of benzene rings is 10. The minimum absolute atomic E-state index is 0.0876. The molecule has 0 bridgehead atoms. The third-order valence-corrected chi connectivity index (χ3v) is 18.6. The number of para-hydroxylation sites is 2. The fourth-order valence-corrected chi connectivity index (χ4v) is 13.6. The Morgan fingerprint density at radius 1 is 0.253 bits per heavy atom. The molecule has 0 aromatic heterocycles. The van der Waals surface area contributed by atoms with E-state index in [1.54, 1.807) is 0 Å². The molecule has 2 heteroatoms. The molecular weight excluding hydrogens is 1000 g/mol. The maximum Gasteiger partial charge on any atom is 0.0465 e. The van der Waals surface area contributed by atoms with Crippen molar-refractivity contribution in [2.75, 3.05) is 9.80 Å². The largest absolute Gasteiger partial charge is 0.310 e. The van der Waals surface area contributed by atoms with Crippen LogP contribution in [0.1, 0.15) is 150 Å². The van der Waals surface area contributed by atoms with Gasteiger partial charge in [-0.2, -0.15) is 0 Å². The summed E-state index contributed by atoms with van der Waals surface area (Å²) in [5.41, 5.74) is 30.3. The second kappa shape index (κ2) is 19.7. The number of rotatable bonds is 10. The average Bonchev–Trinajstić information content (AvgIpc) is 3.65. The Morgan fingerprint density at radius 3 is 0.747 bits per heavy atom. The lowest BCUT2D eigenvalue weighted by Gasteiger charge is -2.29. The molecule has 13 rings (SSSR count). The zero-order valence-electron chi connectivity index (χ0n) is 50.5. The molecule has 0 unspecified atom stereocenters. The highest BCUT2D eigenvalue weighted by Crippen LogP contribution is 2.54. The van der Waals surface area contributed by atoms with E-state index in [4.69, 9.17) is 0 Å². The second-order valence-electron chi connectivity index (χ2n) is 27.2. The highest BCUT2D eigenvalue weighted by Gasteiger charge is 2.39. The zero-order chi connectivity index (χ0) is 57.8. The highest BCUT2D eigenvalue weighted by atomic mass is 15.1. The molecule has 0 heterocycles. The van der Waals surface area contributed by atoms with Crippen LogP contribution in [-0.2, 0) is 27.1 Å². The first kappa shape index (κ1) is 53.6. The van der Waals surface area contributed by atoms with E-state index in [9.17, 15) is 0 Å². The molecule has 410 valence electrons. The van der Waals surface area contributed by atoms with Crippen LogP contribution in [0.2, 0.25) is 0 Å². The Morgan fingerprint density at radius 2 is 0.482 bits per heavy atom. The number of nitrogens with zero attached hydrogens (tertiary/aromatic N) is 2. The molecule has 83 heavy (non-hydrogen) atoms. The van der Waals surface area contributed by atoms with Gasteiger partial charge in [-0.25, -0.2) is 0 Å². The van der Waals surface area contributed by atoms with Gasteiger partial charge in [0, 0.05) is 50.4 Å². The van der Waals surface area contributed by atoms with Crippen LogP contribution in [0.5, 0.6) is 0 Å². The van der Waals surface area contributed by atoms with Gasteiger partial charge in [0.2, 0.25) is 0 Å². The van der Waals surface area contributed by atoms with Crippen molar-refractivity contribution in [3.63, 3.8) is 0 Å². The normalized spacial score (nSPS) is 14.9. The lowest BCUT2D eigenvalue weighted by molar-refractivity contribution is 0.590. The number of anilines is 6. The number of hydrogen-bond donors (Lipinski definition) is 0. The molecule has 3 aliphatic carbocycles.